The molecule has 2 aromatic carbocycles. The summed E-state index contributed by atoms with van der Waals surface area (Å²) in [5.74, 6) is 1.55. The molecule has 138 valence electrons. The van der Waals surface area contributed by atoms with Gasteiger partial charge in [-0.3, -0.25) is 4.79 Å². The topological polar surface area (TPSA) is 126 Å². The molecular weight excluding hydrogens is 320 g/mol. The van der Waals surface area contributed by atoms with E-state index in [2.05, 4.69) is 5.32 Å². The van der Waals surface area contributed by atoms with Crippen molar-refractivity contribution in [1.82, 2.24) is 0 Å². The number of benzene rings is 2. The van der Waals surface area contributed by atoms with Crippen LogP contribution in [0.15, 0.2) is 48.5 Å². The molecule has 7 heteroatoms. The number of ether oxygens (including phenoxy) is 2. The van der Waals surface area contributed by atoms with Gasteiger partial charge in [0.05, 0.1) is 14.2 Å². The van der Waals surface area contributed by atoms with Gasteiger partial charge < -0.3 is 32.0 Å². The molecule has 0 bridgehead atoms. The average molecular weight is 348 g/mol. The monoisotopic (exact) mass is 348 g/mol. The smallest absolute Gasteiger partial charge is 0.221 e. The van der Waals surface area contributed by atoms with Crippen LogP contribution in [0.3, 0.4) is 0 Å². The molecule has 0 atom stereocenters. The molecule has 0 heterocycles. The van der Waals surface area contributed by atoms with Gasteiger partial charge in [-0.1, -0.05) is 0 Å². The van der Waals surface area contributed by atoms with Crippen LogP contribution in [0.1, 0.15) is 6.92 Å². The highest BCUT2D eigenvalue weighted by Crippen LogP contribution is 2.14. The molecule has 0 aliphatic carbocycles. The van der Waals surface area contributed by atoms with Crippen molar-refractivity contribution in [1.29, 1.82) is 0 Å². The Kier molecular flexibility index (Phi) is 12.1. The number of nitrogens with two attached hydrogens (primary N) is 3. The predicted molar refractivity (Wildman–Crippen MR) is 103 cm³/mol. The van der Waals surface area contributed by atoms with E-state index >= 15 is 0 Å². The molecule has 0 aliphatic heterocycles. The molecule has 0 saturated heterocycles. The van der Waals surface area contributed by atoms with E-state index in [1.54, 1.807) is 50.6 Å². The van der Waals surface area contributed by atoms with Gasteiger partial charge >= 0.3 is 0 Å². The molecule has 1 amide bonds. The van der Waals surface area contributed by atoms with Crippen molar-refractivity contribution < 1.29 is 14.3 Å². The van der Waals surface area contributed by atoms with Gasteiger partial charge in [0.15, 0.2) is 0 Å². The summed E-state index contributed by atoms with van der Waals surface area (Å²) in [5, 5.41) is 2.66. The van der Waals surface area contributed by atoms with E-state index in [9.17, 15) is 4.79 Å². The number of hydrogen-bond donors (Lipinski definition) is 4. The Morgan fingerprint density at radius 3 is 1.60 bits per heavy atom. The van der Waals surface area contributed by atoms with E-state index in [-0.39, 0.29) is 5.91 Å². The molecule has 0 fully saturated rings. The highest BCUT2D eigenvalue weighted by atomic mass is 16.5. The van der Waals surface area contributed by atoms with Crippen LogP contribution in [0.4, 0.5) is 11.4 Å². The zero-order valence-electron chi connectivity index (χ0n) is 15.0. The van der Waals surface area contributed by atoms with Crippen LogP contribution in [0.5, 0.6) is 11.5 Å². The Morgan fingerprint density at radius 2 is 1.28 bits per heavy atom. The van der Waals surface area contributed by atoms with E-state index in [4.69, 9.17) is 26.7 Å². The van der Waals surface area contributed by atoms with Crippen molar-refractivity contribution in [2.24, 2.45) is 11.5 Å². The van der Waals surface area contributed by atoms with Crippen LogP contribution < -0.4 is 32.0 Å². The summed E-state index contributed by atoms with van der Waals surface area (Å²) in [4.78, 5) is 10.6. The molecule has 0 saturated carbocycles. The lowest BCUT2D eigenvalue weighted by atomic mass is 10.3. The number of carbonyl (C=O) groups is 1. The third kappa shape index (κ3) is 11.4. The van der Waals surface area contributed by atoms with Crippen molar-refractivity contribution in [3.05, 3.63) is 48.5 Å². The molecule has 0 aliphatic rings. The molecule has 0 unspecified atom stereocenters. The van der Waals surface area contributed by atoms with Crippen LogP contribution >= 0.6 is 0 Å². The van der Waals surface area contributed by atoms with Gasteiger partial charge in [0.2, 0.25) is 5.91 Å². The van der Waals surface area contributed by atoms with Crippen LogP contribution in [0.25, 0.3) is 0 Å². The second-order valence-electron chi connectivity index (χ2n) is 4.76. The van der Waals surface area contributed by atoms with Crippen LogP contribution in [-0.2, 0) is 4.79 Å². The molecule has 25 heavy (non-hydrogen) atoms. The fourth-order valence-electron chi connectivity index (χ4n) is 1.48. The average Bonchev–Trinajstić information content (AvgIpc) is 2.63. The first kappa shape index (κ1) is 22.2. The number of nitrogen functional groups attached to an aromatic ring is 1. The van der Waals surface area contributed by atoms with Gasteiger partial charge in [-0.2, -0.15) is 0 Å². The second kappa shape index (κ2) is 13.6. The summed E-state index contributed by atoms with van der Waals surface area (Å²) in [6, 6.07) is 14.4. The minimum atomic E-state index is -0.0693. The first-order valence-corrected chi connectivity index (χ1v) is 7.68. The minimum Gasteiger partial charge on any atom is -0.497 e. The number of nitrogens with one attached hydrogen (secondary N) is 1. The Labute approximate surface area is 149 Å². The van der Waals surface area contributed by atoms with Crippen molar-refractivity contribution in [2.45, 2.75) is 6.92 Å². The molecule has 0 radical (unpaired) electrons. The first-order valence-electron chi connectivity index (χ1n) is 7.68. The largest absolute Gasteiger partial charge is 0.497 e. The Hall–Kier alpha value is -2.77. The second-order valence-corrected chi connectivity index (χ2v) is 4.76. The zero-order valence-corrected chi connectivity index (χ0v) is 15.0. The lowest BCUT2D eigenvalue weighted by molar-refractivity contribution is -0.114. The zero-order chi connectivity index (χ0) is 19.1. The Morgan fingerprint density at radius 1 is 0.880 bits per heavy atom. The summed E-state index contributed by atoms with van der Waals surface area (Å²) in [7, 11) is 3.24. The summed E-state index contributed by atoms with van der Waals surface area (Å²) in [6.45, 7) is 2.67. The van der Waals surface area contributed by atoms with Gasteiger partial charge in [0.1, 0.15) is 11.5 Å². The molecular formula is C18H28N4O3. The fourth-order valence-corrected chi connectivity index (χ4v) is 1.48. The minimum absolute atomic E-state index is 0.0693. The molecule has 0 aromatic heterocycles. The van der Waals surface area contributed by atoms with Crippen LogP contribution in [-0.4, -0.2) is 33.2 Å². The molecule has 7 nitrogen and oxygen atoms in total. The van der Waals surface area contributed by atoms with E-state index in [0.29, 0.717) is 13.1 Å². The van der Waals surface area contributed by atoms with Gasteiger partial charge in [0.25, 0.3) is 0 Å². The summed E-state index contributed by atoms with van der Waals surface area (Å²) >= 11 is 0. The number of carbonyl (C=O) groups excluding carboxylic acids is 1. The number of methoxy groups -OCH3 is 2. The highest BCUT2D eigenvalue weighted by molar-refractivity contribution is 5.88. The molecule has 2 rings (SSSR count). The molecule has 7 N–H and O–H groups in total. The normalized spacial score (nSPS) is 8.84. The van der Waals surface area contributed by atoms with E-state index in [1.807, 2.05) is 12.1 Å². The fraction of sp³-hybridized carbons (Fsp3) is 0.278. The predicted octanol–water partition coefficient (Wildman–Crippen LogP) is 1.83. The van der Waals surface area contributed by atoms with Crippen molar-refractivity contribution >= 4 is 17.3 Å². The SMILES string of the molecule is COc1ccc(N)cc1.COc1ccc(NC(C)=O)cc1.NCCN. The maximum atomic E-state index is 10.6. The van der Waals surface area contributed by atoms with Gasteiger partial charge in [-0.15, -0.1) is 0 Å². The van der Waals surface area contributed by atoms with Crippen molar-refractivity contribution in [3.63, 3.8) is 0 Å². The molecule has 0 spiro atoms. The number of anilines is 2. The quantitative estimate of drug-likeness (QED) is 0.625. The number of hydrogen-bond acceptors (Lipinski definition) is 6. The third-order valence-corrected chi connectivity index (χ3v) is 2.69. The van der Waals surface area contributed by atoms with E-state index in [0.717, 1.165) is 22.9 Å². The number of amides is 1. The maximum absolute atomic E-state index is 10.6. The Balaban J connectivity index is 0.000000391. The van der Waals surface area contributed by atoms with Gasteiger partial charge in [-0.05, 0) is 48.5 Å². The first-order chi connectivity index (χ1) is 12.0. The third-order valence-electron chi connectivity index (χ3n) is 2.69. The van der Waals surface area contributed by atoms with E-state index < -0.39 is 0 Å². The lowest BCUT2D eigenvalue weighted by Crippen LogP contribution is -2.11. The Bertz CT molecular complexity index is 584. The summed E-state index contributed by atoms with van der Waals surface area (Å²) in [6.07, 6.45) is 0. The van der Waals surface area contributed by atoms with Crippen molar-refractivity contribution in [2.75, 3.05) is 38.4 Å². The van der Waals surface area contributed by atoms with Gasteiger partial charge in [0, 0.05) is 31.4 Å². The standard InChI is InChI=1S/C9H11NO2.C7H9NO.C2H8N2/c1-7(11)10-8-3-5-9(12-2)6-4-8;1-9-7-4-2-6(8)3-5-7;3-1-2-4/h3-6H,1-2H3,(H,10,11);2-5H,8H2,1H3;1-4H2. The maximum Gasteiger partial charge on any atom is 0.221 e. The van der Waals surface area contributed by atoms with Crippen molar-refractivity contribution in [3.8, 4) is 11.5 Å². The summed E-state index contributed by atoms with van der Waals surface area (Å²) < 4.78 is 9.88. The molecule has 2 aromatic rings. The van der Waals surface area contributed by atoms with Crippen LogP contribution in [0.2, 0.25) is 0 Å². The van der Waals surface area contributed by atoms with Gasteiger partial charge in [-0.25, -0.2) is 0 Å². The summed E-state index contributed by atoms with van der Waals surface area (Å²) in [5.41, 5.74) is 16.8. The van der Waals surface area contributed by atoms with Crippen LogP contribution in [0, 0.1) is 0 Å². The lowest BCUT2D eigenvalue weighted by Gasteiger charge is -2.02. The van der Waals surface area contributed by atoms with E-state index in [1.165, 1.54) is 6.92 Å². The number of rotatable bonds is 4. The highest BCUT2D eigenvalue weighted by Gasteiger charge is 1.94.